The number of anilines is 1. The molecule has 2 aromatic rings. The number of hydrogen-bond acceptors (Lipinski definition) is 4. The monoisotopic (exact) mass is 330 g/mol. The lowest BCUT2D eigenvalue weighted by Gasteiger charge is -2.12. The fourth-order valence-corrected chi connectivity index (χ4v) is 2.70. The van der Waals surface area contributed by atoms with Gasteiger partial charge in [-0.1, -0.05) is 6.07 Å². The Morgan fingerprint density at radius 1 is 1.29 bits per heavy atom. The van der Waals surface area contributed by atoms with Crippen LogP contribution < -0.4 is 10.6 Å². The zero-order valence-corrected chi connectivity index (χ0v) is 14.8. The van der Waals surface area contributed by atoms with Gasteiger partial charge >= 0.3 is 0 Å². The number of amides is 1. The molecular formula is C18H26N4O2. The molecule has 0 spiro atoms. The summed E-state index contributed by atoms with van der Waals surface area (Å²) in [7, 11) is 0. The third-order valence-corrected chi connectivity index (χ3v) is 4.14. The summed E-state index contributed by atoms with van der Waals surface area (Å²) in [6.45, 7) is 9.70. The maximum atomic E-state index is 12.0. The van der Waals surface area contributed by atoms with Crippen molar-refractivity contribution in [1.82, 2.24) is 15.1 Å². The van der Waals surface area contributed by atoms with E-state index < -0.39 is 0 Å². The first kappa shape index (κ1) is 18.0. The van der Waals surface area contributed by atoms with E-state index in [-0.39, 0.29) is 12.5 Å². The van der Waals surface area contributed by atoms with Crippen molar-refractivity contribution in [2.75, 3.05) is 18.5 Å². The van der Waals surface area contributed by atoms with Crippen LogP contribution in [0.1, 0.15) is 39.8 Å². The molecule has 0 aliphatic carbocycles. The lowest BCUT2D eigenvalue weighted by molar-refractivity contribution is 0.0956. The van der Waals surface area contributed by atoms with Crippen molar-refractivity contribution in [3.63, 3.8) is 0 Å². The van der Waals surface area contributed by atoms with E-state index >= 15 is 0 Å². The quantitative estimate of drug-likeness (QED) is 0.727. The van der Waals surface area contributed by atoms with Crippen LogP contribution in [0.3, 0.4) is 0 Å². The molecule has 0 fully saturated rings. The number of aliphatic hydroxyl groups is 1. The van der Waals surface area contributed by atoms with Crippen LogP contribution in [-0.4, -0.2) is 33.9 Å². The molecule has 1 aromatic heterocycles. The second-order valence-electron chi connectivity index (χ2n) is 5.84. The van der Waals surface area contributed by atoms with Crippen molar-refractivity contribution >= 4 is 11.6 Å². The first-order valence-corrected chi connectivity index (χ1v) is 8.24. The average molecular weight is 330 g/mol. The molecule has 0 saturated carbocycles. The Kier molecular flexibility index (Phi) is 5.98. The van der Waals surface area contributed by atoms with Crippen LogP contribution in [0, 0.1) is 20.8 Å². The Labute approximate surface area is 142 Å². The summed E-state index contributed by atoms with van der Waals surface area (Å²) in [6, 6.07) is 5.66. The summed E-state index contributed by atoms with van der Waals surface area (Å²) in [5.74, 6) is -0.0660. The van der Waals surface area contributed by atoms with E-state index in [0.29, 0.717) is 25.2 Å². The van der Waals surface area contributed by atoms with Crippen molar-refractivity contribution < 1.29 is 9.90 Å². The Hall–Kier alpha value is -2.34. The van der Waals surface area contributed by atoms with Crippen molar-refractivity contribution in [1.29, 1.82) is 0 Å². The van der Waals surface area contributed by atoms with Gasteiger partial charge in [0.1, 0.15) is 0 Å². The largest absolute Gasteiger partial charge is 0.394 e. The number of nitrogens with zero attached hydrogens (tertiary/aromatic N) is 2. The average Bonchev–Trinajstić information content (AvgIpc) is 2.81. The second-order valence-corrected chi connectivity index (χ2v) is 5.84. The smallest absolute Gasteiger partial charge is 0.251 e. The van der Waals surface area contributed by atoms with E-state index in [0.717, 1.165) is 28.2 Å². The molecule has 3 N–H and O–H groups in total. The Bertz CT molecular complexity index is 722. The van der Waals surface area contributed by atoms with Crippen molar-refractivity contribution in [2.24, 2.45) is 0 Å². The SMILES string of the molecule is CCNC(=O)c1ccc(C)c(NCc2c(C)nn(CCO)c2C)c1. The van der Waals surface area contributed by atoms with Gasteiger partial charge in [-0.15, -0.1) is 0 Å². The molecule has 0 atom stereocenters. The minimum absolute atomic E-state index is 0.0660. The van der Waals surface area contributed by atoms with Crippen LogP contribution in [0.15, 0.2) is 18.2 Å². The first-order chi connectivity index (χ1) is 11.5. The Morgan fingerprint density at radius 2 is 2.04 bits per heavy atom. The molecule has 0 radical (unpaired) electrons. The topological polar surface area (TPSA) is 79.2 Å². The summed E-state index contributed by atoms with van der Waals surface area (Å²) in [6.07, 6.45) is 0. The highest BCUT2D eigenvalue weighted by molar-refractivity contribution is 5.95. The van der Waals surface area contributed by atoms with Crippen LogP contribution >= 0.6 is 0 Å². The molecule has 1 aromatic carbocycles. The zero-order valence-electron chi connectivity index (χ0n) is 14.8. The zero-order chi connectivity index (χ0) is 17.7. The fraction of sp³-hybridized carbons (Fsp3) is 0.444. The van der Waals surface area contributed by atoms with Crippen LogP contribution in [0.2, 0.25) is 0 Å². The van der Waals surface area contributed by atoms with Crippen LogP contribution in [0.25, 0.3) is 0 Å². The number of aromatic nitrogens is 2. The van der Waals surface area contributed by atoms with Crippen molar-refractivity contribution in [3.05, 3.63) is 46.3 Å². The molecule has 6 nitrogen and oxygen atoms in total. The highest BCUT2D eigenvalue weighted by Crippen LogP contribution is 2.20. The van der Waals surface area contributed by atoms with Gasteiger partial charge in [0.05, 0.1) is 18.8 Å². The maximum Gasteiger partial charge on any atom is 0.251 e. The second kappa shape index (κ2) is 7.97. The fourth-order valence-electron chi connectivity index (χ4n) is 2.70. The highest BCUT2D eigenvalue weighted by Gasteiger charge is 2.12. The molecule has 1 heterocycles. The first-order valence-electron chi connectivity index (χ1n) is 8.24. The third kappa shape index (κ3) is 3.94. The minimum Gasteiger partial charge on any atom is -0.394 e. The number of nitrogens with one attached hydrogen (secondary N) is 2. The van der Waals surface area contributed by atoms with Crippen molar-refractivity contribution in [2.45, 2.75) is 40.8 Å². The van der Waals surface area contributed by atoms with Gasteiger partial charge in [0, 0.05) is 35.6 Å². The standard InChI is InChI=1S/C18H26N4O2/c1-5-19-18(24)15-7-6-12(2)17(10-15)20-11-16-13(3)21-22(8-9-23)14(16)4/h6-7,10,20,23H,5,8-9,11H2,1-4H3,(H,19,24). The molecular weight excluding hydrogens is 304 g/mol. The van der Waals surface area contributed by atoms with E-state index in [1.165, 1.54) is 0 Å². The van der Waals surface area contributed by atoms with Crippen molar-refractivity contribution in [3.8, 4) is 0 Å². The van der Waals surface area contributed by atoms with Gasteiger partial charge in [-0.25, -0.2) is 0 Å². The van der Waals surface area contributed by atoms with Gasteiger partial charge in [0.15, 0.2) is 0 Å². The molecule has 0 unspecified atom stereocenters. The number of hydrogen-bond donors (Lipinski definition) is 3. The molecule has 0 saturated heterocycles. The van der Waals surface area contributed by atoms with Crippen LogP contribution in [0.5, 0.6) is 0 Å². The molecule has 24 heavy (non-hydrogen) atoms. The van der Waals surface area contributed by atoms with E-state index in [2.05, 4.69) is 15.7 Å². The maximum absolute atomic E-state index is 12.0. The van der Waals surface area contributed by atoms with E-state index in [9.17, 15) is 4.79 Å². The predicted molar refractivity (Wildman–Crippen MR) is 95.3 cm³/mol. The number of aryl methyl sites for hydroxylation is 2. The van der Waals surface area contributed by atoms with Gasteiger partial charge in [-0.2, -0.15) is 5.10 Å². The third-order valence-electron chi connectivity index (χ3n) is 4.14. The Balaban J connectivity index is 2.17. The van der Waals surface area contributed by atoms with Gasteiger partial charge in [0.2, 0.25) is 0 Å². The summed E-state index contributed by atoms with van der Waals surface area (Å²) < 4.78 is 1.82. The minimum atomic E-state index is -0.0660. The number of rotatable bonds is 7. The van der Waals surface area contributed by atoms with Gasteiger partial charge in [-0.05, 0) is 45.4 Å². The molecule has 6 heteroatoms. The number of aliphatic hydroxyl groups excluding tert-OH is 1. The lowest BCUT2D eigenvalue weighted by Crippen LogP contribution is -2.22. The lowest BCUT2D eigenvalue weighted by atomic mass is 10.1. The highest BCUT2D eigenvalue weighted by atomic mass is 16.3. The summed E-state index contributed by atoms with van der Waals surface area (Å²) in [4.78, 5) is 12.0. The van der Waals surface area contributed by atoms with Gasteiger partial charge in [0.25, 0.3) is 5.91 Å². The number of benzene rings is 1. The van der Waals surface area contributed by atoms with Gasteiger partial charge in [-0.3, -0.25) is 9.48 Å². The Morgan fingerprint density at radius 3 is 2.71 bits per heavy atom. The van der Waals surface area contributed by atoms with E-state index in [1.807, 2.05) is 50.6 Å². The molecule has 2 rings (SSSR count). The number of carbonyl (C=O) groups is 1. The van der Waals surface area contributed by atoms with Gasteiger partial charge < -0.3 is 15.7 Å². The summed E-state index contributed by atoms with van der Waals surface area (Å²) in [5, 5.41) is 19.8. The molecule has 0 aliphatic heterocycles. The van der Waals surface area contributed by atoms with Crippen LogP contribution in [-0.2, 0) is 13.1 Å². The normalized spacial score (nSPS) is 10.7. The molecule has 0 aliphatic rings. The summed E-state index contributed by atoms with van der Waals surface area (Å²) in [5.41, 5.74) is 5.78. The molecule has 0 bridgehead atoms. The summed E-state index contributed by atoms with van der Waals surface area (Å²) >= 11 is 0. The number of carbonyl (C=O) groups excluding carboxylic acids is 1. The molecule has 130 valence electrons. The van der Waals surface area contributed by atoms with E-state index in [1.54, 1.807) is 0 Å². The van der Waals surface area contributed by atoms with E-state index in [4.69, 9.17) is 5.11 Å². The van der Waals surface area contributed by atoms with Crippen LogP contribution in [0.4, 0.5) is 5.69 Å². The molecule has 1 amide bonds. The predicted octanol–water partition coefficient (Wildman–Crippen LogP) is 2.16.